The van der Waals surface area contributed by atoms with E-state index in [-0.39, 0.29) is 0 Å². The minimum Gasteiger partial charge on any atom is -0.316 e. The van der Waals surface area contributed by atoms with Crippen LogP contribution >= 0.6 is 0 Å². The van der Waals surface area contributed by atoms with Gasteiger partial charge in [0, 0.05) is 18.4 Å². The lowest BCUT2D eigenvalue weighted by atomic mass is 9.83. The summed E-state index contributed by atoms with van der Waals surface area (Å²) in [7, 11) is 0. The second-order valence-electron chi connectivity index (χ2n) is 5.76. The first-order valence-corrected chi connectivity index (χ1v) is 7.35. The molecule has 0 bridgehead atoms. The predicted molar refractivity (Wildman–Crippen MR) is 72.2 cm³/mol. The summed E-state index contributed by atoms with van der Waals surface area (Å²) in [5.74, 6) is 2.14. The SMILES string of the molecule is c1cc2nnc(C3CCCNC3)n2nc1C1CCC1. The molecule has 1 saturated heterocycles. The van der Waals surface area contributed by atoms with Gasteiger partial charge in [-0.2, -0.15) is 9.61 Å². The Morgan fingerprint density at radius 2 is 1.95 bits per heavy atom. The van der Waals surface area contributed by atoms with E-state index >= 15 is 0 Å². The zero-order valence-electron chi connectivity index (χ0n) is 11.0. The highest BCUT2D eigenvalue weighted by Crippen LogP contribution is 2.35. The topological polar surface area (TPSA) is 55.1 Å². The molecule has 0 spiro atoms. The third-order valence-corrected chi connectivity index (χ3v) is 4.49. The Labute approximate surface area is 112 Å². The van der Waals surface area contributed by atoms with Crippen LogP contribution in [-0.2, 0) is 0 Å². The molecule has 0 radical (unpaired) electrons. The van der Waals surface area contributed by atoms with Crippen LogP contribution in [0.2, 0.25) is 0 Å². The van der Waals surface area contributed by atoms with Crippen molar-refractivity contribution in [3.63, 3.8) is 0 Å². The Kier molecular flexibility index (Phi) is 2.72. The second kappa shape index (κ2) is 4.56. The zero-order valence-corrected chi connectivity index (χ0v) is 11.0. The van der Waals surface area contributed by atoms with Gasteiger partial charge in [-0.3, -0.25) is 0 Å². The highest BCUT2D eigenvalue weighted by Gasteiger charge is 2.24. The van der Waals surface area contributed by atoms with E-state index in [9.17, 15) is 0 Å². The first-order valence-electron chi connectivity index (χ1n) is 7.35. The molecule has 1 aliphatic carbocycles. The van der Waals surface area contributed by atoms with Gasteiger partial charge in [-0.1, -0.05) is 6.42 Å². The molecular weight excluding hydrogens is 238 g/mol. The molecule has 1 unspecified atom stereocenters. The summed E-state index contributed by atoms with van der Waals surface area (Å²) in [4.78, 5) is 0. The Hall–Kier alpha value is -1.49. The van der Waals surface area contributed by atoms with Gasteiger partial charge in [0.25, 0.3) is 0 Å². The molecule has 1 atom stereocenters. The summed E-state index contributed by atoms with van der Waals surface area (Å²) >= 11 is 0. The highest BCUT2D eigenvalue weighted by molar-refractivity contribution is 5.37. The molecule has 2 fully saturated rings. The summed E-state index contributed by atoms with van der Waals surface area (Å²) in [6.45, 7) is 2.12. The fourth-order valence-electron chi connectivity index (χ4n) is 3.07. The normalized spacial score (nSPS) is 24.5. The maximum absolute atomic E-state index is 4.80. The molecule has 1 aliphatic heterocycles. The van der Waals surface area contributed by atoms with Crippen LogP contribution in [0.5, 0.6) is 0 Å². The molecule has 0 aromatic carbocycles. The van der Waals surface area contributed by atoms with E-state index < -0.39 is 0 Å². The fraction of sp³-hybridized carbons (Fsp3) is 0.643. The number of nitrogens with one attached hydrogen (secondary N) is 1. The lowest BCUT2D eigenvalue weighted by Gasteiger charge is -2.25. The van der Waals surface area contributed by atoms with Crippen LogP contribution < -0.4 is 5.32 Å². The lowest BCUT2D eigenvalue weighted by molar-refractivity contribution is 0.403. The van der Waals surface area contributed by atoms with E-state index in [1.165, 1.54) is 37.8 Å². The van der Waals surface area contributed by atoms with Crippen LogP contribution in [0.3, 0.4) is 0 Å². The monoisotopic (exact) mass is 257 g/mol. The summed E-state index contributed by atoms with van der Waals surface area (Å²) in [6.07, 6.45) is 6.29. The van der Waals surface area contributed by atoms with Gasteiger partial charge in [0.1, 0.15) is 0 Å². The van der Waals surface area contributed by atoms with Crippen LogP contribution in [0.25, 0.3) is 5.65 Å². The van der Waals surface area contributed by atoms with Crippen molar-refractivity contribution in [3.8, 4) is 0 Å². The molecule has 4 rings (SSSR count). The largest absolute Gasteiger partial charge is 0.316 e. The van der Waals surface area contributed by atoms with Gasteiger partial charge in [-0.25, -0.2) is 0 Å². The lowest BCUT2D eigenvalue weighted by Crippen LogP contribution is -2.29. The van der Waals surface area contributed by atoms with Crippen LogP contribution in [0, 0.1) is 0 Å². The maximum atomic E-state index is 4.80. The smallest absolute Gasteiger partial charge is 0.177 e. The average molecular weight is 257 g/mol. The Bertz CT molecular complexity index is 581. The third-order valence-electron chi connectivity index (χ3n) is 4.49. The number of aromatic nitrogens is 4. The van der Waals surface area contributed by atoms with Gasteiger partial charge in [0.05, 0.1) is 5.69 Å². The van der Waals surface area contributed by atoms with Crippen molar-refractivity contribution in [3.05, 3.63) is 23.7 Å². The Morgan fingerprint density at radius 3 is 2.68 bits per heavy atom. The van der Waals surface area contributed by atoms with Gasteiger partial charge in [-0.05, 0) is 44.4 Å². The van der Waals surface area contributed by atoms with Crippen LogP contribution in [0.15, 0.2) is 12.1 Å². The fourth-order valence-corrected chi connectivity index (χ4v) is 3.07. The number of hydrogen-bond donors (Lipinski definition) is 1. The van der Waals surface area contributed by atoms with Crippen LogP contribution in [0.1, 0.15) is 55.5 Å². The minimum absolute atomic E-state index is 0.452. The number of nitrogens with zero attached hydrogens (tertiary/aromatic N) is 4. The van der Waals surface area contributed by atoms with Crippen molar-refractivity contribution in [1.29, 1.82) is 0 Å². The predicted octanol–water partition coefficient (Wildman–Crippen LogP) is 1.86. The van der Waals surface area contributed by atoms with E-state index in [1.807, 2.05) is 4.52 Å². The van der Waals surface area contributed by atoms with E-state index in [1.54, 1.807) is 0 Å². The van der Waals surface area contributed by atoms with Gasteiger partial charge >= 0.3 is 0 Å². The van der Waals surface area contributed by atoms with Crippen molar-refractivity contribution in [2.24, 2.45) is 0 Å². The molecule has 5 heteroatoms. The second-order valence-corrected chi connectivity index (χ2v) is 5.76. The number of fused-ring (bicyclic) bond motifs is 1. The minimum atomic E-state index is 0.452. The van der Waals surface area contributed by atoms with E-state index in [4.69, 9.17) is 5.10 Å². The zero-order chi connectivity index (χ0) is 12.7. The van der Waals surface area contributed by atoms with E-state index in [0.717, 1.165) is 24.6 Å². The Balaban J connectivity index is 1.73. The van der Waals surface area contributed by atoms with E-state index in [0.29, 0.717) is 11.8 Å². The Morgan fingerprint density at radius 1 is 1.05 bits per heavy atom. The number of piperidine rings is 1. The summed E-state index contributed by atoms with van der Waals surface area (Å²) < 4.78 is 1.98. The van der Waals surface area contributed by atoms with Crippen molar-refractivity contribution < 1.29 is 0 Å². The van der Waals surface area contributed by atoms with Crippen molar-refractivity contribution >= 4 is 5.65 Å². The standard InChI is InChI=1S/C14H19N5/c1-3-10(4-1)12-6-7-13-16-17-14(19(13)18-12)11-5-2-8-15-9-11/h6-7,10-11,15H,1-5,8-9H2. The molecule has 1 saturated carbocycles. The average Bonchev–Trinajstić information content (AvgIpc) is 2.81. The summed E-state index contributed by atoms with van der Waals surface area (Å²) in [6, 6.07) is 4.18. The highest BCUT2D eigenvalue weighted by atomic mass is 15.4. The first kappa shape index (κ1) is 11.3. The molecule has 2 aromatic rings. The van der Waals surface area contributed by atoms with Gasteiger partial charge in [0.15, 0.2) is 11.5 Å². The van der Waals surface area contributed by atoms with Crippen molar-refractivity contribution in [2.75, 3.05) is 13.1 Å². The molecule has 3 heterocycles. The summed E-state index contributed by atoms with van der Waals surface area (Å²) in [5, 5.41) is 16.9. The van der Waals surface area contributed by atoms with Gasteiger partial charge in [0.2, 0.25) is 0 Å². The van der Waals surface area contributed by atoms with Gasteiger partial charge in [-0.15, -0.1) is 10.2 Å². The molecule has 0 amide bonds. The van der Waals surface area contributed by atoms with E-state index in [2.05, 4.69) is 27.6 Å². The number of rotatable bonds is 2. The first-order chi connectivity index (χ1) is 9.42. The van der Waals surface area contributed by atoms with Crippen molar-refractivity contribution in [2.45, 2.75) is 43.9 Å². The third kappa shape index (κ3) is 1.92. The number of hydrogen-bond acceptors (Lipinski definition) is 4. The molecule has 19 heavy (non-hydrogen) atoms. The molecule has 100 valence electrons. The molecular formula is C14H19N5. The maximum Gasteiger partial charge on any atom is 0.177 e. The van der Waals surface area contributed by atoms with Crippen molar-refractivity contribution in [1.82, 2.24) is 25.1 Å². The molecule has 5 nitrogen and oxygen atoms in total. The van der Waals surface area contributed by atoms with Crippen LogP contribution in [-0.4, -0.2) is 32.9 Å². The van der Waals surface area contributed by atoms with Crippen LogP contribution in [0.4, 0.5) is 0 Å². The molecule has 2 aliphatic rings. The molecule has 1 N–H and O–H groups in total. The molecule has 2 aromatic heterocycles. The summed E-state index contributed by atoms with van der Waals surface area (Å²) in [5.41, 5.74) is 2.09. The van der Waals surface area contributed by atoms with Gasteiger partial charge < -0.3 is 5.32 Å². The quantitative estimate of drug-likeness (QED) is 0.892.